The Bertz CT molecular complexity index is 302. The molecule has 0 unspecified atom stereocenters. The molecule has 1 heterocycles. The summed E-state index contributed by atoms with van der Waals surface area (Å²) in [5.41, 5.74) is -0.317. The van der Waals surface area contributed by atoms with E-state index >= 15 is 0 Å². The van der Waals surface area contributed by atoms with Crippen LogP contribution >= 0.6 is 0 Å². The van der Waals surface area contributed by atoms with Gasteiger partial charge in [0.15, 0.2) is 0 Å². The van der Waals surface area contributed by atoms with E-state index in [0.717, 1.165) is 25.9 Å². The van der Waals surface area contributed by atoms with Crippen molar-refractivity contribution in [3.8, 4) is 0 Å². The minimum Gasteiger partial charge on any atom is -0.384 e. The maximum Gasteiger partial charge on any atom is 0.228 e. The van der Waals surface area contributed by atoms with Crippen molar-refractivity contribution in [1.82, 2.24) is 10.6 Å². The lowest BCUT2D eigenvalue weighted by atomic mass is 9.77. The van der Waals surface area contributed by atoms with E-state index in [4.69, 9.17) is 4.74 Å². The van der Waals surface area contributed by atoms with Gasteiger partial charge in [-0.05, 0) is 51.6 Å². The van der Waals surface area contributed by atoms with Crippen molar-refractivity contribution in [2.75, 3.05) is 26.8 Å². The van der Waals surface area contributed by atoms with Gasteiger partial charge >= 0.3 is 0 Å². The van der Waals surface area contributed by atoms with Crippen LogP contribution in [-0.4, -0.2) is 38.8 Å². The minimum absolute atomic E-state index is 0.207. The molecule has 20 heavy (non-hydrogen) atoms. The van der Waals surface area contributed by atoms with Crippen LogP contribution in [0.5, 0.6) is 0 Å². The van der Waals surface area contributed by atoms with Crippen molar-refractivity contribution in [1.29, 1.82) is 0 Å². The molecule has 1 aliphatic carbocycles. The van der Waals surface area contributed by atoms with Gasteiger partial charge in [0.05, 0.1) is 12.0 Å². The molecular formula is C16H30N2O2. The van der Waals surface area contributed by atoms with Crippen LogP contribution in [-0.2, 0) is 9.53 Å². The molecular weight excluding hydrogens is 252 g/mol. The maximum atomic E-state index is 12.7. The Balaban J connectivity index is 1.93. The predicted molar refractivity (Wildman–Crippen MR) is 80.6 cm³/mol. The lowest BCUT2D eigenvalue weighted by Crippen LogP contribution is -2.53. The van der Waals surface area contributed by atoms with Crippen LogP contribution in [0.3, 0.4) is 0 Å². The van der Waals surface area contributed by atoms with Crippen LogP contribution in [0.15, 0.2) is 0 Å². The lowest BCUT2D eigenvalue weighted by Gasteiger charge is -2.38. The van der Waals surface area contributed by atoms with Crippen molar-refractivity contribution in [2.24, 2.45) is 11.3 Å². The van der Waals surface area contributed by atoms with Gasteiger partial charge in [-0.3, -0.25) is 4.79 Å². The maximum absolute atomic E-state index is 12.7. The molecule has 0 aromatic carbocycles. The van der Waals surface area contributed by atoms with Gasteiger partial charge in [0.2, 0.25) is 5.91 Å². The predicted octanol–water partition coefficient (Wildman–Crippen LogP) is 2.09. The molecule has 1 atom stereocenters. The number of ether oxygens (including phenoxy) is 1. The van der Waals surface area contributed by atoms with Crippen molar-refractivity contribution in [2.45, 2.75) is 57.9 Å². The molecule has 1 saturated heterocycles. The topological polar surface area (TPSA) is 50.4 Å². The van der Waals surface area contributed by atoms with E-state index in [2.05, 4.69) is 17.6 Å². The van der Waals surface area contributed by atoms with Crippen LogP contribution in [0, 0.1) is 11.3 Å². The molecule has 4 nitrogen and oxygen atoms in total. The highest BCUT2D eigenvalue weighted by atomic mass is 16.5. The molecule has 2 aliphatic rings. The van der Waals surface area contributed by atoms with Gasteiger partial charge in [0, 0.05) is 13.2 Å². The first-order valence-corrected chi connectivity index (χ1v) is 8.18. The summed E-state index contributed by atoms with van der Waals surface area (Å²) in [6.45, 7) is 4.54. The number of piperidine rings is 1. The molecule has 0 aromatic heterocycles. The summed E-state index contributed by atoms with van der Waals surface area (Å²) in [4.78, 5) is 12.7. The van der Waals surface area contributed by atoms with Gasteiger partial charge in [-0.1, -0.05) is 19.3 Å². The number of hydrogen-bond donors (Lipinski definition) is 2. The molecule has 0 bridgehead atoms. The molecule has 2 rings (SSSR count). The molecule has 0 aromatic rings. The molecule has 4 heteroatoms. The molecule has 2 fully saturated rings. The number of carbonyl (C=O) groups is 1. The molecule has 1 saturated carbocycles. The fourth-order valence-corrected chi connectivity index (χ4v) is 3.73. The average Bonchev–Trinajstić information content (AvgIpc) is 2.49. The fourth-order valence-electron chi connectivity index (χ4n) is 3.73. The van der Waals surface area contributed by atoms with E-state index in [0.29, 0.717) is 18.6 Å². The SMILES string of the molecule is COCC1(C(=O)N[C@@H](C)C2CCCCC2)CCNCC1. The summed E-state index contributed by atoms with van der Waals surface area (Å²) >= 11 is 0. The van der Waals surface area contributed by atoms with E-state index in [-0.39, 0.29) is 11.3 Å². The first-order valence-electron chi connectivity index (χ1n) is 8.18. The monoisotopic (exact) mass is 282 g/mol. The fraction of sp³-hybridized carbons (Fsp3) is 0.938. The van der Waals surface area contributed by atoms with Crippen LogP contribution in [0.2, 0.25) is 0 Å². The quantitative estimate of drug-likeness (QED) is 0.812. The van der Waals surface area contributed by atoms with Gasteiger partial charge in [0.1, 0.15) is 0 Å². The number of rotatable bonds is 5. The Kier molecular flexibility index (Phi) is 5.85. The highest BCUT2D eigenvalue weighted by Crippen LogP contribution is 2.31. The Morgan fingerprint density at radius 2 is 1.95 bits per heavy atom. The lowest BCUT2D eigenvalue weighted by molar-refractivity contribution is -0.137. The van der Waals surface area contributed by atoms with E-state index in [1.165, 1.54) is 32.1 Å². The molecule has 2 N–H and O–H groups in total. The van der Waals surface area contributed by atoms with E-state index in [1.807, 2.05) is 0 Å². The Hall–Kier alpha value is -0.610. The van der Waals surface area contributed by atoms with Gasteiger partial charge in [0.25, 0.3) is 0 Å². The van der Waals surface area contributed by atoms with E-state index in [9.17, 15) is 4.79 Å². The summed E-state index contributed by atoms with van der Waals surface area (Å²) in [6, 6.07) is 0.298. The average molecular weight is 282 g/mol. The first-order chi connectivity index (χ1) is 9.68. The molecule has 116 valence electrons. The van der Waals surface area contributed by atoms with Crippen molar-refractivity contribution < 1.29 is 9.53 Å². The molecule has 1 amide bonds. The zero-order valence-electron chi connectivity index (χ0n) is 13.0. The van der Waals surface area contributed by atoms with Crippen molar-refractivity contribution >= 4 is 5.91 Å². The highest BCUT2D eigenvalue weighted by Gasteiger charge is 2.40. The van der Waals surface area contributed by atoms with E-state index in [1.54, 1.807) is 7.11 Å². The van der Waals surface area contributed by atoms with Gasteiger partial charge in [-0.25, -0.2) is 0 Å². The summed E-state index contributed by atoms with van der Waals surface area (Å²) in [6.07, 6.45) is 8.28. The number of amides is 1. The van der Waals surface area contributed by atoms with Gasteiger partial charge < -0.3 is 15.4 Å². The minimum atomic E-state index is -0.317. The number of nitrogens with one attached hydrogen (secondary N) is 2. The summed E-state index contributed by atoms with van der Waals surface area (Å²) in [7, 11) is 1.70. The van der Waals surface area contributed by atoms with Gasteiger partial charge in [-0.2, -0.15) is 0 Å². The zero-order chi connectivity index (χ0) is 14.4. The van der Waals surface area contributed by atoms with Crippen LogP contribution in [0.4, 0.5) is 0 Å². The van der Waals surface area contributed by atoms with Crippen molar-refractivity contribution in [3.05, 3.63) is 0 Å². The van der Waals surface area contributed by atoms with Gasteiger partial charge in [-0.15, -0.1) is 0 Å². The second kappa shape index (κ2) is 7.41. The summed E-state index contributed by atoms with van der Waals surface area (Å²) in [5, 5.41) is 6.63. The number of methoxy groups -OCH3 is 1. The molecule has 0 radical (unpaired) electrons. The standard InChI is InChI=1S/C16H30N2O2/c1-13(14-6-4-3-5-7-14)18-15(19)16(12-20-2)8-10-17-11-9-16/h13-14,17H,3-12H2,1-2H3,(H,18,19)/t13-/m0/s1. The summed E-state index contributed by atoms with van der Waals surface area (Å²) < 4.78 is 5.34. The summed E-state index contributed by atoms with van der Waals surface area (Å²) in [5.74, 6) is 0.868. The smallest absolute Gasteiger partial charge is 0.228 e. The normalized spacial score (nSPS) is 25.1. The Morgan fingerprint density at radius 3 is 2.55 bits per heavy atom. The highest BCUT2D eigenvalue weighted by molar-refractivity contribution is 5.83. The van der Waals surface area contributed by atoms with E-state index < -0.39 is 0 Å². The first kappa shape index (κ1) is 15.8. The third-order valence-corrected chi connectivity index (χ3v) is 5.18. The number of carbonyl (C=O) groups excluding carboxylic acids is 1. The Labute approximate surface area is 123 Å². The van der Waals surface area contributed by atoms with Crippen LogP contribution < -0.4 is 10.6 Å². The van der Waals surface area contributed by atoms with Crippen molar-refractivity contribution in [3.63, 3.8) is 0 Å². The zero-order valence-corrected chi connectivity index (χ0v) is 13.0. The molecule has 0 spiro atoms. The molecule has 1 aliphatic heterocycles. The second-order valence-corrected chi connectivity index (χ2v) is 6.62. The third-order valence-electron chi connectivity index (χ3n) is 5.18. The number of hydrogen-bond acceptors (Lipinski definition) is 3. The third kappa shape index (κ3) is 3.73. The second-order valence-electron chi connectivity index (χ2n) is 6.62. The largest absolute Gasteiger partial charge is 0.384 e. The Morgan fingerprint density at radius 1 is 1.30 bits per heavy atom. The van der Waals surface area contributed by atoms with Crippen LogP contribution in [0.1, 0.15) is 51.9 Å². The van der Waals surface area contributed by atoms with Crippen LogP contribution in [0.25, 0.3) is 0 Å².